The van der Waals surface area contributed by atoms with Gasteiger partial charge in [0.1, 0.15) is 0 Å². The third-order valence-electron chi connectivity index (χ3n) is 4.92. The molecule has 0 saturated carbocycles. The average molecular weight is 409 g/mol. The number of esters is 1. The number of ether oxygens (including phenoxy) is 1. The molecule has 1 N–H and O–H groups in total. The van der Waals surface area contributed by atoms with Crippen LogP contribution in [0.5, 0.6) is 0 Å². The van der Waals surface area contributed by atoms with E-state index in [-0.39, 0.29) is 18.0 Å². The molecule has 0 aliphatic heterocycles. The molecule has 4 rings (SSSR count). The number of anilines is 1. The van der Waals surface area contributed by atoms with Gasteiger partial charge in [-0.3, -0.25) is 9.78 Å². The lowest BCUT2D eigenvalue weighted by molar-refractivity contribution is 0.0378. The van der Waals surface area contributed by atoms with Crippen LogP contribution in [0.3, 0.4) is 0 Å². The first-order chi connectivity index (χ1) is 13.9. The molecule has 1 aliphatic carbocycles. The van der Waals surface area contributed by atoms with Gasteiger partial charge in [-0.2, -0.15) is 0 Å². The molecule has 6 heteroatoms. The molecule has 0 bridgehead atoms. The van der Waals surface area contributed by atoms with E-state index in [1.54, 1.807) is 50.2 Å². The van der Waals surface area contributed by atoms with Crippen molar-refractivity contribution in [2.75, 3.05) is 5.32 Å². The van der Waals surface area contributed by atoms with Crippen LogP contribution in [0, 0.1) is 0 Å². The fourth-order valence-electron chi connectivity index (χ4n) is 3.66. The number of hydrogen-bond acceptors (Lipinski definition) is 4. The molecule has 1 aromatic heterocycles. The van der Waals surface area contributed by atoms with E-state index in [0.717, 1.165) is 41.4 Å². The van der Waals surface area contributed by atoms with E-state index < -0.39 is 0 Å². The van der Waals surface area contributed by atoms with Gasteiger partial charge in [0.15, 0.2) is 0 Å². The van der Waals surface area contributed by atoms with E-state index in [2.05, 4.69) is 5.32 Å². The predicted molar refractivity (Wildman–Crippen MR) is 114 cm³/mol. The normalized spacial score (nSPS) is 12.8. The zero-order chi connectivity index (χ0) is 20.5. The van der Waals surface area contributed by atoms with Crippen molar-refractivity contribution in [1.82, 2.24) is 4.98 Å². The summed E-state index contributed by atoms with van der Waals surface area (Å²) in [6.07, 6.45) is 2.50. The maximum atomic E-state index is 13.2. The van der Waals surface area contributed by atoms with Crippen molar-refractivity contribution in [3.05, 3.63) is 69.9 Å². The third-order valence-corrected chi connectivity index (χ3v) is 5.16. The Kier molecular flexibility index (Phi) is 5.24. The van der Waals surface area contributed by atoms with E-state index in [0.29, 0.717) is 21.8 Å². The molecule has 2 aromatic carbocycles. The molecule has 29 heavy (non-hydrogen) atoms. The highest BCUT2D eigenvalue weighted by Crippen LogP contribution is 2.32. The summed E-state index contributed by atoms with van der Waals surface area (Å²) in [5, 5.41) is 4.27. The first kappa shape index (κ1) is 19.4. The molecule has 1 aliphatic rings. The monoisotopic (exact) mass is 408 g/mol. The smallest absolute Gasteiger partial charge is 0.338 e. The number of nitrogens with zero attached hydrogens (tertiary/aromatic N) is 1. The second-order valence-electron chi connectivity index (χ2n) is 7.41. The molecule has 1 heterocycles. The van der Waals surface area contributed by atoms with Gasteiger partial charge < -0.3 is 10.1 Å². The maximum Gasteiger partial charge on any atom is 0.338 e. The van der Waals surface area contributed by atoms with Crippen LogP contribution in [0.2, 0.25) is 5.02 Å². The fourth-order valence-corrected chi connectivity index (χ4v) is 3.83. The topological polar surface area (TPSA) is 68.3 Å². The van der Waals surface area contributed by atoms with Gasteiger partial charge in [-0.15, -0.1) is 0 Å². The van der Waals surface area contributed by atoms with Crippen LogP contribution < -0.4 is 5.32 Å². The minimum absolute atomic E-state index is 0.184. The van der Waals surface area contributed by atoms with Gasteiger partial charge >= 0.3 is 5.97 Å². The number of hydrogen-bond donors (Lipinski definition) is 1. The number of aryl methyl sites for hydroxylation is 1. The zero-order valence-corrected chi connectivity index (χ0v) is 17.0. The molecule has 3 aromatic rings. The van der Waals surface area contributed by atoms with Crippen molar-refractivity contribution in [2.45, 2.75) is 39.2 Å². The van der Waals surface area contributed by atoms with E-state index in [4.69, 9.17) is 21.3 Å². The molecule has 0 atom stereocenters. The standard InChI is InChI=1S/C23H21ClN2O3/c1-13(2)29-23(28)14-6-9-16(10-7-14)25-22(27)21-17-4-3-5-19(17)26-20-11-8-15(24)12-18(20)21/h6-13H,3-5H2,1-2H3,(H,25,27). The number of carbonyl (C=O) groups excluding carboxylic acids is 2. The van der Waals surface area contributed by atoms with Crippen LogP contribution in [0.15, 0.2) is 42.5 Å². The second kappa shape index (κ2) is 7.84. The van der Waals surface area contributed by atoms with Crippen LogP contribution in [-0.2, 0) is 17.6 Å². The summed E-state index contributed by atoms with van der Waals surface area (Å²) in [6.45, 7) is 3.60. The molecular formula is C23H21ClN2O3. The first-order valence-corrected chi connectivity index (χ1v) is 10.0. The van der Waals surface area contributed by atoms with E-state index in [1.165, 1.54) is 0 Å². The SMILES string of the molecule is CC(C)OC(=O)c1ccc(NC(=O)c2c3c(nc4ccc(Cl)cc24)CCC3)cc1. The molecule has 0 unspecified atom stereocenters. The predicted octanol–water partition coefficient (Wildman–Crippen LogP) is 5.19. The number of pyridine rings is 1. The number of nitrogens with one attached hydrogen (secondary N) is 1. The summed E-state index contributed by atoms with van der Waals surface area (Å²) in [5.41, 5.74) is 4.43. The Morgan fingerprint density at radius 1 is 1.10 bits per heavy atom. The van der Waals surface area contributed by atoms with Crippen LogP contribution in [0.1, 0.15) is 52.2 Å². The van der Waals surface area contributed by atoms with Crippen LogP contribution in [0.4, 0.5) is 5.69 Å². The average Bonchev–Trinajstić information content (AvgIpc) is 3.14. The van der Waals surface area contributed by atoms with Gasteiger partial charge in [-0.25, -0.2) is 4.79 Å². The number of aromatic nitrogens is 1. The number of halogens is 1. The van der Waals surface area contributed by atoms with Crippen molar-refractivity contribution in [3.63, 3.8) is 0 Å². The van der Waals surface area contributed by atoms with Crippen LogP contribution >= 0.6 is 11.6 Å². The first-order valence-electron chi connectivity index (χ1n) is 9.66. The second-order valence-corrected chi connectivity index (χ2v) is 7.85. The lowest BCUT2D eigenvalue weighted by atomic mass is 10.0. The largest absolute Gasteiger partial charge is 0.459 e. The van der Waals surface area contributed by atoms with Crippen molar-refractivity contribution >= 4 is 40.1 Å². The molecule has 0 spiro atoms. The lowest BCUT2D eigenvalue weighted by Gasteiger charge is -2.13. The van der Waals surface area contributed by atoms with Crippen molar-refractivity contribution < 1.29 is 14.3 Å². The molecule has 1 amide bonds. The third kappa shape index (κ3) is 3.96. The highest BCUT2D eigenvalue weighted by atomic mass is 35.5. The highest BCUT2D eigenvalue weighted by Gasteiger charge is 2.24. The summed E-state index contributed by atoms with van der Waals surface area (Å²) in [4.78, 5) is 29.9. The van der Waals surface area contributed by atoms with Crippen LogP contribution in [0.25, 0.3) is 10.9 Å². The summed E-state index contributed by atoms with van der Waals surface area (Å²) in [7, 11) is 0. The molecular weight excluding hydrogens is 388 g/mol. The fraction of sp³-hybridized carbons (Fsp3) is 0.261. The van der Waals surface area contributed by atoms with Gasteiger partial charge in [-0.05, 0) is 81.1 Å². The Bertz CT molecular complexity index is 1110. The summed E-state index contributed by atoms with van der Waals surface area (Å²) < 4.78 is 5.19. The van der Waals surface area contributed by atoms with Crippen molar-refractivity contribution in [1.29, 1.82) is 0 Å². The maximum absolute atomic E-state index is 13.2. The Labute approximate surface area is 174 Å². The Morgan fingerprint density at radius 2 is 1.86 bits per heavy atom. The van der Waals surface area contributed by atoms with Gasteiger partial charge in [0, 0.05) is 21.8 Å². The minimum atomic E-state index is -0.384. The Hall–Kier alpha value is -2.92. The zero-order valence-electron chi connectivity index (χ0n) is 16.3. The number of rotatable bonds is 4. The summed E-state index contributed by atoms with van der Waals surface area (Å²) >= 11 is 6.19. The van der Waals surface area contributed by atoms with E-state index >= 15 is 0 Å². The summed E-state index contributed by atoms with van der Waals surface area (Å²) in [5.74, 6) is -0.583. The molecule has 0 fully saturated rings. The number of carbonyl (C=O) groups is 2. The van der Waals surface area contributed by atoms with Gasteiger partial charge in [-0.1, -0.05) is 11.6 Å². The minimum Gasteiger partial charge on any atom is -0.459 e. The van der Waals surface area contributed by atoms with Crippen molar-refractivity contribution in [2.24, 2.45) is 0 Å². The lowest BCUT2D eigenvalue weighted by Crippen LogP contribution is -2.16. The number of amides is 1. The highest BCUT2D eigenvalue weighted by molar-refractivity contribution is 6.31. The van der Waals surface area contributed by atoms with Gasteiger partial charge in [0.25, 0.3) is 5.91 Å². The molecule has 0 radical (unpaired) electrons. The van der Waals surface area contributed by atoms with Gasteiger partial charge in [0.05, 0.1) is 22.7 Å². The van der Waals surface area contributed by atoms with Crippen LogP contribution in [-0.4, -0.2) is 23.0 Å². The molecule has 5 nitrogen and oxygen atoms in total. The van der Waals surface area contributed by atoms with E-state index in [1.807, 2.05) is 6.07 Å². The Morgan fingerprint density at radius 3 is 2.59 bits per heavy atom. The number of benzene rings is 2. The number of fused-ring (bicyclic) bond motifs is 2. The van der Waals surface area contributed by atoms with Gasteiger partial charge in [0.2, 0.25) is 0 Å². The quantitative estimate of drug-likeness (QED) is 0.603. The Balaban J connectivity index is 1.65. The van der Waals surface area contributed by atoms with Crippen molar-refractivity contribution in [3.8, 4) is 0 Å². The van der Waals surface area contributed by atoms with E-state index in [9.17, 15) is 9.59 Å². The molecule has 148 valence electrons. The summed E-state index contributed by atoms with van der Waals surface area (Å²) in [6, 6.07) is 12.1. The molecule has 0 saturated heterocycles.